The number of aromatic nitrogens is 4. The van der Waals surface area contributed by atoms with Crippen LogP contribution < -0.4 is 10.3 Å². The number of ether oxygens (including phenoxy) is 1. The number of sulfone groups is 1. The van der Waals surface area contributed by atoms with Crippen LogP contribution in [0.1, 0.15) is 10.4 Å². The Balaban J connectivity index is 1.79. The minimum atomic E-state index is -3.66. The van der Waals surface area contributed by atoms with Crippen LogP contribution in [-0.2, 0) is 23.9 Å². The van der Waals surface area contributed by atoms with Crippen molar-refractivity contribution in [3.63, 3.8) is 0 Å². The number of methoxy groups -OCH3 is 1. The summed E-state index contributed by atoms with van der Waals surface area (Å²) < 4.78 is 32.7. The van der Waals surface area contributed by atoms with E-state index in [1.165, 1.54) is 46.8 Å². The van der Waals surface area contributed by atoms with Crippen LogP contribution in [0.25, 0.3) is 0 Å². The molecule has 2 aromatic heterocycles. The van der Waals surface area contributed by atoms with Gasteiger partial charge in [0.1, 0.15) is 17.3 Å². The monoisotopic (exact) mass is 367 g/mol. The van der Waals surface area contributed by atoms with Gasteiger partial charge in [-0.3, -0.25) is 9.59 Å². The molecule has 1 aliphatic heterocycles. The molecule has 1 amide bonds. The predicted molar refractivity (Wildman–Crippen MR) is 86.1 cm³/mol. The molecule has 1 fully saturated rings. The Morgan fingerprint density at radius 1 is 1.28 bits per heavy atom. The van der Waals surface area contributed by atoms with Gasteiger partial charge in [0.2, 0.25) is 15.0 Å². The molecule has 0 bridgehead atoms. The molecule has 0 radical (unpaired) electrons. The molecule has 0 spiro atoms. The fourth-order valence-electron chi connectivity index (χ4n) is 2.59. The average molecular weight is 367 g/mol. The van der Waals surface area contributed by atoms with Crippen molar-refractivity contribution in [2.45, 2.75) is 10.4 Å². The third kappa shape index (κ3) is 2.80. The van der Waals surface area contributed by atoms with E-state index in [-0.39, 0.29) is 35.1 Å². The number of carbonyl (C=O) groups is 1. The van der Waals surface area contributed by atoms with E-state index in [0.29, 0.717) is 0 Å². The van der Waals surface area contributed by atoms with Gasteiger partial charge in [-0.25, -0.2) is 8.42 Å². The normalized spacial score (nSPS) is 15.1. The van der Waals surface area contributed by atoms with E-state index in [4.69, 9.17) is 4.74 Å². The fraction of sp³-hybridized carbons (Fsp3) is 0.429. The molecule has 0 atom stereocenters. The lowest BCUT2D eigenvalue weighted by Crippen LogP contribution is -2.57. The zero-order chi connectivity index (χ0) is 18.4. The summed E-state index contributed by atoms with van der Waals surface area (Å²) in [6.07, 6.45) is 2.69. The highest BCUT2D eigenvalue weighted by Crippen LogP contribution is 2.26. The topological polar surface area (TPSA) is 116 Å². The molecule has 10 nitrogen and oxygen atoms in total. The largest absolute Gasteiger partial charge is 0.496 e. The molecule has 11 heteroatoms. The molecule has 3 rings (SSSR count). The second-order valence-corrected chi connectivity index (χ2v) is 7.93. The highest BCUT2D eigenvalue weighted by molar-refractivity contribution is 7.92. The quantitative estimate of drug-likeness (QED) is 0.668. The van der Waals surface area contributed by atoms with Gasteiger partial charge in [-0.05, 0) is 0 Å². The van der Waals surface area contributed by atoms with Crippen molar-refractivity contribution >= 4 is 15.7 Å². The molecular formula is C14H17N5O5S. The molecule has 25 heavy (non-hydrogen) atoms. The van der Waals surface area contributed by atoms with Gasteiger partial charge in [0.15, 0.2) is 0 Å². The van der Waals surface area contributed by atoms with Crippen molar-refractivity contribution in [2.75, 3.05) is 20.2 Å². The Kier molecular flexibility index (Phi) is 4.11. The number of rotatable bonds is 4. The number of aryl methyl sites for hydroxylation is 2. The predicted octanol–water partition coefficient (Wildman–Crippen LogP) is -1.18. The zero-order valence-corrected chi connectivity index (χ0v) is 14.7. The van der Waals surface area contributed by atoms with Gasteiger partial charge in [0, 0.05) is 39.4 Å². The van der Waals surface area contributed by atoms with E-state index in [9.17, 15) is 18.0 Å². The number of pyridine rings is 1. The SMILES string of the molecule is COc1cc(=O)n(C)cc1C(=O)N1CC(S(=O)(=O)c2nncn2C)C1. The highest BCUT2D eigenvalue weighted by atomic mass is 32.2. The maximum atomic E-state index is 12.6. The van der Waals surface area contributed by atoms with Gasteiger partial charge in [-0.2, -0.15) is 0 Å². The molecule has 0 N–H and O–H groups in total. The molecule has 0 aromatic carbocycles. The maximum Gasteiger partial charge on any atom is 0.259 e. The van der Waals surface area contributed by atoms with Gasteiger partial charge in [0.25, 0.3) is 11.5 Å². The van der Waals surface area contributed by atoms with Crippen molar-refractivity contribution in [3.8, 4) is 5.75 Å². The molecule has 2 aromatic rings. The summed E-state index contributed by atoms with van der Waals surface area (Å²) in [4.78, 5) is 25.6. The van der Waals surface area contributed by atoms with Crippen LogP contribution >= 0.6 is 0 Å². The Bertz CT molecular complexity index is 987. The van der Waals surface area contributed by atoms with E-state index < -0.39 is 21.0 Å². The fourth-order valence-corrected chi connectivity index (χ4v) is 4.25. The molecule has 0 saturated carbocycles. The maximum absolute atomic E-state index is 12.6. The Morgan fingerprint density at radius 3 is 2.52 bits per heavy atom. The van der Waals surface area contributed by atoms with E-state index in [2.05, 4.69) is 10.2 Å². The number of likely N-dealkylation sites (tertiary alicyclic amines) is 1. The average Bonchev–Trinajstić information content (AvgIpc) is 2.94. The molecular weight excluding hydrogens is 350 g/mol. The number of hydrogen-bond donors (Lipinski definition) is 0. The number of carbonyl (C=O) groups excluding carboxylic acids is 1. The van der Waals surface area contributed by atoms with Crippen LogP contribution in [0, 0.1) is 0 Å². The van der Waals surface area contributed by atoms with Crippen molar-refractivity contribution < 1.29 is 17.9 Å². The van der Waals surface area contributed by atoms with Gasteiger partial charge >= 0.3 is 0 Å². The molecule has 1 saturated heterocycles. The van der Waals surface area contributed by atoms with Gasteiger partial charge in [0.05, 0.1) is 12.7 Å². The van der Waals surface area contributed by atoms with E-state index in [1.807, 2.05) is 0 Å². The smallest absolute Gasteiger partial charge is 0.259 e. The van der Waals surface area contributed by atoms with Crippen molar-refractivity contribution in [3.05, 3.63) is 34.5 Å². The highest BCUT2D eigenvalue weighted by Gasteiger charge is 2.43. The Morgan fingerprint density at radius 2 is 1.96 bits per heavy atom. The van der Waals surface area contributed by atoms with Crippen molar-refractivity contribution in [1.82, 2.24) is 24.2 Å². The third-order valence-corrected chi connectivity index (χ3v) is 6.19. The first-order chi connectivity index (χ1) is 11.8. The summed E-state index contributed by atoms with van der Waals surface area (Å²) in [6, 6.07) is 1.22. The lowest BCUT2D eigenvalue weighted by atomic mass is 10.1. The minimum absolute atomic E-state index is 0.0417. The minimum Gasteiger partial charge on any atom is -0.496 e. The standard InChI is InChI=1S/C14H17N5O5S/c1-17-7-10(11(24-3)4-12(17)20)13(21)19-5-9(6-19)25(22,23)14-16-15-8-18(14)2/h4,7-9H,5-6H2,1-3H3. The molecule has 3 heterocycles. The lowest BCUT2D eigenvalue weighted by molar-refractivity contribution is 0.0654. The van der Waals surface area contributed by atoms with Crippen molar-refractivity contribution in [1.29, 1.82) is 0 Å². The number of amides is 1. The van der Waals surface area contributed by atoms with Gasteiger partial charge in [-0.15, -0.1) is 10.2 Å². The second kappa shape index (κ2) is 5.99. The second-order valence-electron chi connectivity index (χ2n) is 5.81. The zero-order valence-electron chi connectivity index (χ0n) is 13.9. The van der Waals surface area contributed by atoms with Crippen LogP contribution in [0.2, 0.25) is 0 Å². The van der Waals surface area contributed by atoms with E-state index in [1.54, 1.807) is 7.05 Å². The summed E-state index contributed by atoms with van der Waals surface area (Å²) in [5.41, 5.74) is -0.0983. The Hall–Kier alpha value is -2.69. The molecule has 1 aliphatic rings. The van der Waals surface area contributed by atoms with Crippen LogP contribution in [0.15, 0.2) is 28.5 Å². The number of nitrogens with zero attached hydrogens (tertiary/aromatic N) is 5. The molecule has 0 unspecified atom stereocenters. The number of hydrogen-bond acceptors (Lipinski definition) is 7. The first-order valence-corrected chi connectivity index (χ1v) is 8.92. The summed E-state index contributed by atoms with van der Waals surface area (Å²) in [6.45, 7) is 0.0834. The first-order valence-electron chi connectivity index (χ1n) is 7.37. The third-order valence-electron chi connectivity index (χ3n) is 4.14. The van der Waals surface area contributed by atoms with Crippen molar-refractivity contribution in [2.24, 2.45) is 14.1 Å². The van der Waals surface area contributed by atoms with E-state index in [0.717, 1.165) is 0 Å². The summed E-state index contributed by atoms with van der Waals surface area (Å²) >= 11 is 0. The van der Waals surface area contributed by atoms with Crippen LogP contribution in [0.3, 0.4) is 0 Å². The van der Waals surface area contributed by atoms with E-state index >= 15 is 0 Å². The van der Waals surface area contributed by atoms with Crippen LogP contribution in [-0.4, -0.2) is 64.0 Å². The molecule has 0 aliphatic carbocycles. The summed E-state index contributed by atoms with van der Waals surface area (Å²) in [5, 5.41) is 6.35. The van der Waals surface area contributed by atoms with Gasteiger partial charge < -0.3 is 18.8 Å². The first kappa shape index (κ1) is 17.1. The lowest BCUT2D eigenvalue weighted by Gasteiger charge is -2.38. The van der Waals surface area contributed by atoms with Crippen LogP contribution in [0.5, 0.6) is 5.75 Å². The summed E-state index contributed by atoms with van der Waals surface area (Å²) in [5.74, 6) is -0.232. The van der Waals surface area contributed by atoms with Crippen LogP contribution in [0.4, 0.5) is 0 Å². The Labute approximate surface area is 143 Å². The molecule has 134 valence electrons. The van der Waals surface area contributed by atoms with Gasteiger partial charge in [-0.1, -0.05) is 0 Å². The summed E-state index contributed by atoms with van der Waals surface area (Å²) in [7, 11) is 0.774.